The molecule has 0 bridgehead atoms. The van der Waals surface area contributed by atoms with Crippen molar-refractivity contribution in [2.75, 3.05) is 6.61 Å². The Morgan fingerprint density at radius 3 is 2.33 bits per heavy atom. The highest BCUT2D eigenvalue weighted by molar-refractivity contribution is 9.12. The molecule has 104 valence electrons. The molecule has 1 aromatic heterocycles. The van der Waals surface area contributed by atoms with Crippen LogP contribution in [0.15, 0.2) is 13.6 Å². The van der Waals surface area contributed by atoms with Crippen molar-refractivity contribution in [3.8, 4) is 0 Å². The molecule has 0 amide bonds. The van der Waals surface area contributed by atoms with E-state index < -0.39 is 8.32 Å². The summed E-state index contributed by atoms with van der Waals surface area (Å²) in [5, 5.41) is 0. The molecule has 1 nitrogen and oxygen atoms in total. The summed E-state index contributed by atoms with van der Waals surface area (Å²) in [6, 6.07) is 2.23. The molecule has 1 aromatic rings. The third kappa shape index (κ3) is 7.43. The van der Waals surface area contributed by atoms with E-state index in [-0.39, 0.29) is 0 Å². The van der Waals surface area contributed by atoms with Gasteiger partial charge in [-0.25, -0.2) is 0 Å². The third-order valence-electron chi connectivity index (χ3n) is 2.60. The van der Waals surface area contributed by atoms with E-state index in [1.54, 1.807) is 11.3 Å². The molecule has 0 aliphatic heterocycles. The average molecular weight is 414 g/mol. The van der Waals surface area contributed by atoms with Gasteiger partial charge < -0.3 is 4.43 Å². The van der Waals surface area contributed by atoms with Gasteiger partial charge in [-0.1, -0.05) is 12.8 Å². The van der Waals surface area contributed by atoms with Gasteiger partial charge in [-0.15, -0.1) is 11.3 Å². The molecule has 0 saturated heterocycles. The lowest BCUT2D eigenvalue weighted by atomic mass is 10.1. The van der Waals surface area contributed by atoms with Gasteiger partial charge in [0.2, 0.25) is 0 Å². The normalized spacial score (nSPS) is 12.1. The van der Waals surface area contributed by atoms with Crippen molar-refractivity contribution in [1.82, 2.24) is 0 Å². The Balaban J connectivity index is 2.04. The molecule has 0 aromatic carbocycles. The zero-order chi connectivity index (χ0) is 13.6. The van der Waals surface area contributed by atoms with Crippen LogP contribution in [0.4, 0.5) is 0 Å². The Morgan fingerprint density at radius 1 is 1.11 bits per heavy atom. The Bertz CT molecular complexity index is 360. The number of rotatable bonds is 8. The van der Waals surface area contributed by atoms with Gasteiger partial charge in [0, 0.05) is 6.61 Å². The van der Waals surface area contributed by atoms with Crippen molar-refractivity contribution in [3.63, 3.8) is 0 Å². The Labute approximate surface area is 133 Å². The van der Waals surface area contributed by atoms with E-state index in [9.17, 15) is 0 Å². The van der Waals surface area contributed by atoms with E-state index in [2.05, 4.69) is 57.6 Å². The number of aryl methyl sites for hydroxylation is 1. The predicted molar refractivity (Wildman–Crippen MR) is 91.2 cm³/mol. The lowest BCUT2D eigenvalue weighted by Crippen LogP contribution is -2.25. The van der Waals surface area contributed by atoms with Crippen molar-refractivity contribution in [1.29, 1.82) is 0 Å². The molecule has 1 rings (SSSR count). The van der Waals surface area contributed by atoms with E-state index in [1.165, 1.54) is 45.2 Å². The summed E-state index contributed by atoms with van der Waals surface area (Å²) in [7, 11) is -1.29. The van der Waals surface area contributed by atoms with Crippen LogP contribution in [0.3, 0.4) is 0 Å². The smallest absolute Gasteiger partial charge is 0.183 e. The molecule has 5 heteroatoms. The highest BCUT2D eigenvalue weighted by atomic mass is 79.9. The summed E-state index contributed by atoms with van der Waals surface area (Å²) < 4.78 is 8.33. The zero-order valence-corrected chi connectivity index (χ0v) is 16.4. The summed E-state index contributed by atoms with van der Waals surface area (Å²) in [4.78, 5) is 0. The molecular formula is C13H22Br2OSSi. The van der Waals surface area contributed by atoms with E-state index in [4.69, 9.17) is 4.43 Å². The van der Waals surface area contributed by atoms with Crippen molar-refractivity contribution >= 4 is 51.5 Å². The molecule has 0 radical (unpaired) electrons. The number of hydrogen-bond donors (Lipinski definition) is 0. The monoisotopic (exact) mass is 412 g/mol. The van der Waals surface area contributed by atoms with Crippen LogP contribution in [0, 0.1) is 0 Å². The molecule has 0 fully saturated rings. The maximum Gasteiger partial charge on any atom is 0.183 e. The van der Waals surface area contributed by atoms with Crippen LogP contribution in [0.1, 0.15) is 31.2 Å². The summed E-state index contributed by atoms with van der Waals surface area (Å²) in [6.07, 6.45) is 6.24. The lowest BCUT2D eigenvalue weighted by Gasteiger charge is -2.16. The molecule has 0 N–H and O–H groups in total. The predicted octanol–water partition coefficient (Wildman–Crippen LogP) is 6.23. The first-order valence-electron chi connectivity index (χ1n) is 6.46. The van der Waals surface area contributed by atoms with Crippen LogP contribution in [0.2, 0.25) is 19.6 Å². The van der Waals surface area contributed by atoms with Crippen LogP contribution in [0.5, 0.6) is 0 Å². The maximum atomic E-state index is 5.84. The van der Waals surface area contributed by atoms with E-state index in [0.29, 0.717) is 0 Å². The van der Waals surface area contributed by atoms with Crippen molar-refractivity contribution in [2.45, 2.75) is 51.7 Å². The van der Waals surface area contributed by atoms with Gasteiger partial charge in [0.25, 0.3) is 0 Å². The number of halogens is 2. The number of thiophene rings is 1. The minimum absolute atomic E-state index is 0.948. The van der Waals surface area contributed by atoms with Gasteiger partial charge in [0.15, 0.2) is 8.32 Å². The standard InChI is InChI=1S/C13H22Br2OSSi/c1-18(2,3)16-9-7-5-4-6-8-11-10-12(14)17-13(11)15/h10H,4-9H2,1-3H3. The topological polar surface area (TPSA) is 9.23 Å². The van der Waals surface area contributed by atoms with Gasteiger partial charge >= 0.3 is 0 Å². The van der Waals surface area contributed by atoms with Gasteiger partial charge in [0.05, 0.1) is 7.57 Å². The zero-order valence-electron chi connectivity index (χ0n) is 11.4. The van der Waals surface area contributed by atoms with Crippen molar-refractivity contribution in [2.24, 2.45) is 0 Å². The second-order valence-corrected chi connectivity index (χ2v) is 13.7. The molecule has 0 saturated carbocycles. The Morgan fingerprint density at radius 2 is 1.78 bits per heavy atom. The molecule has 0 aliphatic rings. The van der Waals surface area contributed by atoms with E-state index in [1.807, 2.05) is 0 Å². The Kier molecular flexibility index (Phi) is 7.69. The van der Waals surface area contributed by atoms with Gasteiger partial charge in [-0.3, -0.25) is 0 Å². The largest absolute Gasteiger partial charge is 0.418 e. The molecule has 0 aliphatic carbocycles. The molecule has 0 atom stereocenters. The molecular weight excluding hydrogens is 392 g/mol. The first kappa shape index (κ1) is 16.9. The van der Waals surface area contributed by atoms with Crippen LogP contribution >= 0.6 is 43.2 Å². The number of hydrogen-bond acceptors (Lipinski definition) is 2. The Hall–Kier alpha value is 0.837. The summed E-state index contributed by atoms with van der Waals surface area (Å²) in [6.45, 7) is 7.69. The first-order chi connectivity index (χ1) is 8.38. The second kappa shape index (κ2) is 8.20. The summed E-state index contributed by atoms with van der Waals surface area (Å²) in [5.41, 5.74) is 1.44. The molecule has 1 heterocycles. The summed E-state index contributed by atoms with van der Waals surface area (Å²) >= 11 is 8.89. The van der Waals surface area contributed by atoms with Gasteiger partial charge in [0.1, 0.15) is 0 Å². The fourth-order valence-electron chi connectivity index (χ4n) is 1.69. The second-order valence-electron chi connectivity index (χ2n) is 5.47. The fourth-order valence-corrected chi connectivity index (χ4v) is 5.36. The van der Waals surface area contributed by atoms with Gasteiger partial charge in [-0.05, 0) is 82.4 Å². The quantitative estimate of drug-likeness (QED) is 0.362. The fraction of sp³-hybridized carbons (Fsp3) is 0.692. The third-order valence-corrected chi connectivity index (χ3v) is 6.14. The molecule has 0 spiro atoms. The molecule has 0 unspecified atom stereocenters. The van der Waals surface area contributed by atoms with Gasteiger partial charge in [-0.2, -0.15) is 0 Å². The SMILES string of the molecule is C[Si](C)(C)OCCCCCCc1cc(Br)sc1Br. The van der Waals surface area contributed by atoms with Crippen LogP contribution < -0.4 is 0 Å². The number of unbranched alkanes of at least 4 members (excludes halogenated alkanes) is 3. The summed E-state index contributed by atoms with van der Waals surface area (Å²) in [5.74, 6) is 0. The van der Waals surface area contributed by atoms with E-state index >= 15 is 0 Å². The highest BCUT2D eigenvalue weighted by Gasteiger charge is 2.12. The van der Waals surface area contributed by atoms with Crippen molar-refractivity contribution < 1.29 is 4.43 Å². The van der Waals surface area contributed by atoms with E-state index in [0.717, 1.165) is 6.61 Å². The molecule has 18 heavy (non-hydrogen) atoms. The minimum Gasteiger partial charge on any atom is -0.418 e. The minimum atomic E-state index is -1.29. The highest BCUT2D eigenvalue weighted by Crippen LogP contribution is 2.32. The maximum absolute atomic E-state index is 5.84. The average Bonchev–Trinajstić information content (AvgIpc) is 2.54. The van der Waals surface area contributed by atoms with Crippen LogP contribution in [-0.4, -0.2) is 14.9 Å². The van der Waals surface area contributed by atoms with Crippen molar-refractivity contribution in [3.05, 3.63) is 19.2 Å². The first-order valence-corrected chi connectivity index (χ1v) is 12.3. The van der Waals surface area contributed by atoms with Crippen LogP contribution in [0.25, 0.3) is 0 Å². The van der Waals surface area contributed by atoms with Crippen LogP contribution in [-0.2, 0) is 10.8 Å². The lowest BCUT2D eigenvalue weighted by molar-refractivity contribution is 0.298.